The highest BCUT2D eigenvalue weighted by atomic mass is 127. The Kier molecular flexibility index (Phi) is 10.3. The first-order chi connectivity index (χ1) is 12.1. The number of para-hydroxylation sites is 1. The van der Waals surface area contributed by atoms with Crippen LogP contribution in [-0.4, -0.2) is 48.9 Å². The third kappa shape index (κ3) is 6.95. The first kappa shape index (κ1) is 23.0. The summed E-state index contributed by atoms with van der Waals surface area (Å²) in [6, 6.07) is 10.9. The number of nitrogens with zero attached hydrogens (tertiary/aromatic N) is 2. The van der Waals surface area contributed by atoms with Gasteiger partial charge >= 0.3 is 0 Å². The zero-order valence-electron chi connectivity index (χ0n) is 16.4. The lowest BCUT2D eigenvalue weighted by atomic mass is 9.98. The maximum atomic E-state index is 10.5. The van der Waals surface area contributed by atoms with Gasteiger partial charge in [0.15, 0.2) is 5.96 Å². The lowest BCUT2D eigenvalue weighted by Gasteiger charge is -2.35. The van der Waals surface area contributed by atoms with E-state index in [1.165, 1.54) is 12.1 Å². The van der Waals surface area contributed by atoms with Crippen molar-refractivity contribution in [2.24, 2.45) is 4.99 Å². The Labute approximate surface area is 175 Å². The minimum Gasteiger partial charge on any atom is -0.388 e. The molecular weight excluding hydrogens is 439 g/mol. The number of aliphatic imine (C=N–C) groups is 1. The maximum Gasteiger partial charge on any atom is 0.191 e. The highest BCUT2D eigenvalue weighted by Crippen LogP contribution is 2.19. The van der Waals surface area contributed by atoms with Gasteiger partial charge in [0.25, 0.3) is 0 Å². The molecule has 6 heteroatoms. The summed E-state index contributed by atoms with van der Waals surface area (Å²) in [5, 5.41) is 17.3. The summed E-state index contributed by atoms with van der Waals surface area (Å²) >= 11 is 0. The van der Waals surface area contributed by atoms with Gasteiger partial charge in [-0.05, 0) is 44.7 Å². The van der Waals surface area contributed by atoms with E-state index in [-0.39, 0.29) is 24.0 Å². The van der Waals surface area contributed by atoms with Crippen molar-refractivity contribution in [1.82, 2.24) is 10.6 Å². The van der Waals surface area contributed by atoms with E-state index in [2.05, 4.69) is 57.8 Å². The summed E-state index contributed by atoms with van der Waals surface area (Å²) in [5.74, 6) is 0.808. The third-order valence-corrected chi connectivity index (χ3v) is 5.08. The SMILES string of the molecule is CCNC(=NCC(O)(CC)CC)NC1CCCN(c2ccccc2)C1.I. The minimum absolute atomic E-state index is 0. The van der Waals surface area contributed by atoms with Gasteiger partial charge in [-0.25, -0.2) is 0 Å². The van der Waals surface area contributed by atoms with Crippen molar-refractivity contribution in [2.45, 2.75) is 58.1 Å². The van der Waals surface area contributed by atoms with Crippen molar-refractivity contribution in [3.63, 3.8) is 0 Å². The number of anilines is 1. The summed E-state index contributed by atoms with van der Waals surface area (Å²) in [5.41, 5.74) is 0.577. The van der Waals surface area contributed by atoms with Crippen molar-refractivity contribution in [1.29, 1.82) is 0 Å². The Bertz CT molecular complexity index is 534. The van der Waals surface area contributed by atoms with Crippen molar-refractivity contribution in [3.8, 4) is 0 Å². The molecule has 0 aliphatic carbocycles. The van der Waals surface area contributed by atoms with Gasteiger partial charge in [-0.2, -0.15) is 0 Å². The molecular formula is C20H35IN4O. The number of rotatable bonds is 7. The van der Waals surface area contributed by atoms with E-state index >= 15 is 0 Å². The molecule has 2 rings (SSSR count). The monoisotopic (exact) mass is 474 g/mol. The van der Waals surface area contributed by atoms with Gasteiger partial charge in [-0.3, -0.25) is 4.99 Å². The van der Waals surface area contributed by atoms with Crippen LogP contribution in [-0.2, 0) is 0 Å². The smallest absolute Gasteiger partial charge is 0.191 e. The maximum absolute atomic E-state index is 10.5. The molecule has 26 heavy (non-hydrogen) atoms. The first-order valence-corrected chi connectivity index (χ1v) is 9.67. The van der Waals surface area contributed by atoms with Crippen LogP contribution in [0, 0.1) is 0 Å². The summed E-state index contributed by atoms with van der Waals surface area (Å²) in [4.78, 5) is 7.07. The van der Waals surface area contributed by atoms with Gasteiger partial charge < -0.3 is 20.6 Å². The van der Waals surface area contributed by atoms with Crippen LogP contribution in [0.25, 0.3) is 0 Å². The second kappa shape index (κ2) is 11.6. The molecule has 1 heterocycles. The molecule has 1 unspecified atom stereocenters. The Hall–Kier alpha value is -1.02. The molecule has 0 radical (unpaired) electrons. The van der Waals surface area contributed by atoms with E-state index in [0.29, 0.717) is 12.6 Å². The molecule has 0 spiro atoms. The van der Waals surface area contributed by atoms with E-state index in [1.807, 2.05) is 13.8 Å². The normalized spacial score (nSPS) is 18.2. The summed E-state index contributed by atoms with van der Waals surface area (Å²) in [6.07, 6.45) is 3.74. The predicted molar refractivity (Wildman–Crippen MR) is 122 cm³/mol. The number of guanidine groups is 1. The Balaban J connectivity index is 0.00000338. The van der Waals surface area contributed by atoms with Crippen LogP contribution in [0.5, 0.6) is 0 Å². The zero-order chi connectivity index (χ0) is 18.1. The molecule has 1 fully saturated rings. The molecule has 0 amide bonds. The molecule has 1 aliphatic heterocycles. The molecule has 1 atom stereocenters. The molecule has 0 saturated carbocycles. The molecule has 1 aliphatic rings. The average Bonchev–Trinajstić information content (AvgIpc) is 2.67. The second-order valence-electron chi connectivity index (χ2n) is 6.89. The van der Waals surface area contributed by atoms with Crippen LogP contribution in [0.3, 0.4) is 0 Å². The quantitative estimate of drug-likeness (QED) is 0.322. The lowest BCUT2D eigenvalue weighted by Crippen LogP contribution is -2.51. The average molecular weight is 474 g/mol. The van der Waals surface area contributed by atoms with E-state index in [4.69, 9.17) is 0 Å². The van der Waals surface area contributed by atoms with Crippen LogP contribution < -0.4 is 15.5 Å². The summed E-state index contributed by atoms with van der Waals surface area (Å²) in [6.45, 7) is 9.42. The molecule has 1 aromatic carbocycles. The molecule has 5 nitrogen and oxygen atoms in total. The number of halogens is 1. The Morgan fingerprint density at radius 2 is 1.92 bits per heavy atom. The number of nitrogens with one attached hydrogen (secondary N) is 2. The number of benzene rings is 1. The fourth-order valence-electron chi connectivity index (χ4n) is 3.18. The van der Waals surface area contributed by atoms with Gasteiger partial charge in [-0.15, -0.1) is 24.0 Å². The predicted octanol–water partition coefficient (Wildman–Crippen LogP) is 3.38. The Morgan fingerprint density at radius 1 is 1.23 bits per heavy atom. The lowest BCUT2D eigenvalue weighted by molar-refractivity contribution is 0.0417. The molecule has 3 N–H and O–H groups in total. The standard InChI is InChI=1S/C20H34N4O.HI/c1-4-20(25,5-2)16-22-19(21-6-3)23-17-11-10-14-24(15-17)18-12-8-7-9-13-18;/h7-9,12-13,17,25H,4-6,10-11,14-16H2,1-3H3,(H2,21,22,23);1H. The Morgan fingerprint density at radius 3 is 2.54 bits per heavy atom. The van der Waals surface area contributed by atoms with Crippen LogP contribution in [0.15, 0.2) is 35.3 Å². The fourth-order valence-corrected chi connectivity index (χ4v) is 3.18. The van der Waals surface area contributed by atoms with Crippen LogP contribution in [0.1, 0.15) is 46.5 Å². The third-order valence-electron chi connectivity index (χ3n) is 5.08. The highest BCUT2D eigenvalue weighted by molar-refractivity contribution is 14.0. The number of hydrogen-bond acceptors (Lipinski definition) is 3. The van der Waals surface area contributed by atoms with E-state index < -0.39 is 5.60 Å². The van der Waals surface area contributed by atoms with Gasteiger partial charge in [0.2, 0.25) is 0 Å². The van der Waals surface area contributed by atoms with Crippen LogP contribution in [0.4, 0.5) is 5.69 Å². The molecule has 1 aromatic rings. The van der Waals surface area contributed by atoms with Gasteiger partial charge in [-0.1, -0.05) is 32.0 Å². The largest absolute Gasteiger partial charge is 0.388 e. The molecule has 1 saturated heterocycles. The molecule has 0 bridgehead atoms. The molecule has 0 aromatic heterocycles. The second-order valence-corrected chi connectivity index (χ2v) is 6.89. The van der Waals surface area contributed by atoms with Gasteiger partial charge in [0.05, 0.1) is 12.1 Å². The van der Waals surface area contributed by atoms with Crippen molar-refractivity contribution >= 4 is 35.6 Å². The van der Waals surface area contributed by atoms with Crippen molar-refractivity contribution < 1.29 is 5.11 Å². The summed E-state index contributed by atoms with van der Waals surface area (Å²) in [7, 11) is 0. The number of aliphatic hydroxyl groups is 1. The summed E-state index contributed by atoms with van der Waals surface area (Å²) < 4.78 is 0. The van der Waals surface area contributed by atoms with Gasteiger partial charge in [0, 0.05) is 31.4 Å². The van der Waals surface area contributed by atoms with Crippen LogP contribution in [0.2, 0.25) is 0 Å². The van der Waals surface area contributed by atoms with Crippen molar-refractivity contribution in [2.75, 3.05) is 31.1 Å². The molecule has 148 valence electrons. The van der Waals surface area contributed by atoms with E-state index in [9.17, 15) is 5.11 Å². The number of hydrogen-bond donors (Lipinski definition) is 3. The topological polar surface area (TPSA) is 59.9 Å². The van der Waals surface area contributed by atoms with Crippen LogP contribution >= 0.6 is 24.0 Å². The van der Waals surface area contributed by atoms with Gasteiger partial charge in [0.1, 0.15) is 0 Å². The minimum atomic E-state index is -0.703. The zero-order valence-corrected chi connectivity index (χ0v) is 18.7. The first-order valence-electron chi connectivity index (χ1n) is 9.67. The van der Waals surface area contributed by atoms with Crippen molar-refractivity contribution in [3.05, 3.63) is 30.3 Å². The fraction of sp³-hybridized carbons (Fsp3) is 0.650. The highest BCUT2D eigenvalue weighted by Gasteiger charge is 2.23. The van der Waals surface area contributed by atoms with E-state index in [0.717, 1.165) is 44.9 Å². The number of piperidine rings is 1. The van der Waals surface area contributed by atoms with E-state index in [1.54, 1.807) is 0 Å².